The molecule has 1 aliphatic heterocycles. The molecule has 0 spiro atoms. The van der Waals surface area contributed by atoms with Crippen molar-refractivity contribution in [3.05, 3.63) is 33.9 Å². The van der Waals surface area contributed by atoms with Gasteiger partial charge in [-0.25, -0.2) is 0 Å². The Morgan fingerprint density at radius 2 is 2.29 bits per heavy atom. The number of rotatable bonds is 4. The van der Waals surface area contributed by atoms with Gasteiger partial charge < -0.3 is 15.4 Å². The fourth-order valence-corrected chi connectivity index (χ4v) is 2.21. The molecule has 0 aromatic heterocycles. The second kappa shape index (κ2) is 7.80. The van der Waals surface area contributed by atoms with Crippen LogP contribution in [0.5, 0.6) is 5.75 Å². The van der Waals surface area contributed by atoms with Crippen LogP contribution >= 0.6 is 12.4 Å². The van der Waals surface area contributed by atoms with Crippen LogP contribution in [-0.4, -0.2) is 37.1 Å². The third kappa shape index (κ3) is 4.30. The number of hydrogen-bond acceptors (Lipinski definition) is 5. The summed E-state index contributed by atoms with van der Waals surface area (Å²) in [6, 6.07) is 4.21. The van der Waals surface area contributed by atoms with E-state index in [0.717, 1.165) is 25.9 Å². The van der Waals surface area contributed by atoms with Gasteiger partial charge in [0.25, 0.3) is 5.91 Å². The van der Waals surface area contributed by atoms with Crippen LogP contribution in [0.3, 0.4) is 0 Å². The molecule has 8 heteroatoms. The van der Waals surface area contributed by atoms with Gasteiger partial charge in [-0.3, -0.25) is 14.9 Å². The highest BCUT2D eigenvalue weighted by atomic mass is 35.5. The summed E-state index contributed by atoms with van der Waals surface area (Å²) < 4.78 is 4.95. The predicted octanol–water partition coefficient (Wildman–Crippen LogP) is 1.51. The third-order valence-electron chi connectivity index (χ3n) is 3.27. The van der Waals surface area contributed by atoms with Crippen LogP contribution in [0.2, 0.25) is 0 Å². The number of carbonyl (C=O) groups is 1. The number of nitro groups is 1. The first kappa shape index (κ1) is 17.2. The number of nitro benzene ring substituents is 1. The van der Waals surface area contributed by atoms with Crippen LogP contribution in [0.25, 0.3) is 0 Å². The van der Waals surface area contributed by atoms with E-state index in [1.54, 1.807) is 0 Å². The Balaban J connectivity index is 0.00000220. The molecule has 21 heavy (non-hydrogen) atoms. The predicted molar refractivity (Wildman–Crippen MR) is 80.3 cm³/mol. The van der Waals surface area contributed by atoms with E-state index in [4.69, 9.17) is 4.74 Å². The van der Waals surface area contributed by atoms with E-state index in [0.29, 0.717) is 5.56 Å². The van der Waals surface area contributed by atoms with E-state index in [-0.39, 0.29) is 35.8 Å². The Kier molecular flexibility index (Phi) is 6.39. The molecule has 116 valence electrons. The molecule has 0 bridgehead atoms. The minimum absolute atomic E-state index is 0. The lowest BCUT2D eigenvalue weighted by molar-refractivity contribution is -0.385. The number of piperidine rings is 1. The summed E-state index contributed by atoms with van der Waals surface area (Å²) in [6.45, 7) is 1.72. The maximum absolute atomic E-state index is 12.1. The van der Waals surface area contributed by atoms with Crippen molar-refractivity contribution >= 4 is 24.0 Å². The first-order chi connectivity index (χ1) is 9.61. The molecule has 1 aromatic carbocycles. The highest BCUT2D eigenvalue weighted by Crippen LogP contribution is 2.27. The standard InChI is InChI=1S/C13H17N3O4.ClH/c1-20-12-7-9(4-5-11(12)16(18)19)13(17)15-10-3-2-6-14-8-10;/h4-5,7,10,14H,2-3,6,8H2,1H3,(H,15,17);1H/t10-;/m0./s1. The smallest absolute Gasteiger partial charge is 0.310 e. The van der Waals surface area contributed by atoms with E-state index in [1.165, 1.54) is 25.3 Å². The summed E-state index contributed by atoms with van der Waals surface area (Å²) in [6.07, 6.45) is 1.96. The molecule has 1 saturated heterocycles. The minimum Gasteiger partial charge on any atom is -0.490 e. The van der Waals surface area contributed by atoms with Crippen LogP contribution in [0, 0.1) is 10.1 Å². The van der Waals surface area contributed by atoms with Gasteiger partial charge in [-0.1, -0.05) is 0 Å². The molecule has 1 amide bonds. The largest absolute Gasteiger partial charge is 0.490 e. The number of nitrogens with one attached hydrogen (secondary N) is 2. The molecule has 0 radical (unpaired) electrons. The third-order valence-corrected chi connectivity index (χ3v) is 3.27. The second-order valence-corrected chi connectivity index (χ2v) is 4.66. The minimum atomic E-state index is -0.536. The molecule has 1 atom stereocenters. The highest BCUT2D eigenvalue weighted by Gasteiger charge is 2.20. The molecule has 0 saturated carbocycles. The van der Waals surface area contributed by atoms with Crippen molar-refractivity contribution in [1.29, 1.82) is 0 Å². The van der Waals surface area contributed by atoms with Gasteiger partial charge >= 0.3 is 5.69 Å². The van der Waals surface area contributed by atoms with Crippen molar-refractivity contribution in [2.75, 3.05) is 20.2 Å². The highest BCUT2D eigenvalue weighted by molar-refractivity contribution is 5.95. The lowest BCUT2D eigenvalue weighted by atomic mass is 10.1. The van der Waals surface area contributed by atoms with Crippen molar-refractivity contribution in [1.82, 2.24) is 10.6 Å². The van der Waals surface area contributed by atoms with Gasteiger partial charge in [0.15, 0.2) is 5.75 Å². The number of carbonyl (C=O) groups excluding carboxylic acids is 1. The Hall–Kier alpha value is -1.86. The normalized spacial score (nSPS) is 17.5. The topological polar surface area (TPSA) is 93.5 Å². The van der Waals surface area contributed by atoms with Gasteiger partial charge in [-0.15, -0.1) is 12.4 Å². The van der Waals surface area contributed by atoms with Crippen LogP contribution < -0.4 is 15.4 Å². The molecule has 2 N–H and O–H groups in total. The van der Waals surface area contributed by atoms with E-state index in [1.807, 2.05) is 0 Å². The molecule has 0 unspecified atom stereocenters. The summed E-state index contributed by atoms with van der Waals surface area (Å²) in [5.74, 6) is -0.156. The molecule has 1 aromatic rings. The van der Waals surface area contributed by atoms with Crippen LogP contribution in [0.15, 0.2) is 18.2 Å². The number of nitrogens with zero attached hydrogens (tertiary/aromatic N) is 1. The van der Waals surface area contributed by atoms with Gasteiger partial charge in [-0.05, 0) is 25.5 Å². The summed E-state index contributed by atoms with van der Waals surface area (Å²) in [4.78, 5) is 22.4. The van der Waals surface area contributed by atoms with Crippen molar-refractivity contribution in [3.63, 3.8) is 0 Å². The Bertz CT molecular complexity index is 518. The maximum Gasteiger partial charge on any atom is 0.310 e. The van der Waals surface area contributed by atoms with Gasteiger partial charge in [-0.2, -0.15) is 0 Å². The van der Waals surface area contributed by atoms with Crippen molar-refractivity contribution in [3.8, 4) is 5.75 Å². The Morgan fingerprint density at radius 1 is 1.52 bits per heavy atom. The molecule has 2 rings (SSSR count). The van der Waals surface area contributed by atoms with Crippen LogP contribution in [-0.2, 0) is 0 Å². The summed E-state index contributed by atoms with van der Waals surface area (Å²) >= 11 is 0. The number of amides is 1. The van der Waals surface area contributed by atoms with Gasteiger partial charge in [0.05, 0.1) is 12.0 Å². The molecule has 1 aliphatic rings. The van der Waals surface area contributed by atoms with Gasteiger partial charge in [0.2, 0.25) is 0 Å². The quantitative estimate of drug-likeness (QED) is 0.649. The molecule has 7 nitrogen and oxygen atoms in total. The second-order valence-electron chi connectivity index (χ2n) is 4.66. The first-order valence-corrected chi connectivity index (χ1v) is 6.46. The van der Waals surface area contributed by atoms with E-state index in [2.05, 4.69) is 10.6 Å². The molecule has 0 aliphatic carbocycles. The molecular formula is C13H18ClN3O4. The fourth-order valence-electron chi connectivity index (χ4n) is 2.21. The van der Waals surface area contributed by atoms with Crippen molar-refractivity contribution < 1.29 is 14.5 Å². The zero-order valence-corrected chi connectivity index (χ0v) is 12.4. The van der Waals surface area contributed by atoms with E-state index < -0.39 is 4.92 Å². The summed E-state index contributed by atoms with van der Waals surface area (Å²) in [5.41, 5.74) is 0.210. The van der Waals surface area contributed by atoms with E-state index in [9.17, 15) is 14.9 Å². The van der Waals surface area contributed by atoms with Crippen molar-refractivity contribution in [2.24, 2.45) is 0 Å². The SMILES string of the molecule is COc1cc(C(=O)N[C@H]2CCCNC2)ccc1[N+](=O)[O-].Cl. The fraction of sp³-hybridized carbons (Fsp3) is 0.462. The molecular weight excluding hydrogens is 298 g/mol. The van der Waals surface area contributed by atoms with Crippen LogP contribution in [0.4, 0.5) is 5.69 Å². The van der Waals surface area contributed by atoms with Crippen molar-refractivity contribution in [2.45, 2.75) is 18.9 Å². The number of benzene rings is 1. The monoisotopic (exact) mass is 315 g/mol. The number of hydrogen-bond donors (Lipinski definition) is 2. The molecule has 1 fully saturated rings. The lowest BCUT2D eigenvalue weighted by Crippen LogP contribution is -2.45. The summed E-state index contributed by atoms with van der Waals surface area (Å²) in [7, 11) is 1.34. The number of halogens is 1. The lowest BCUT2D eigenvalue weighted by Gasteiger charge is -2.23. The van der Waals surface area contributed by atoms with Gasteiger partial charge in [0, 0.05) is 30.3 Å². The van der Waals surface area contributed by atoms with Gasteiger partial charge in [0.1, 0.15) is 0 Å². The maximum atomic E-state index is 12.1. The zero-order valence-electron chi connectivity index (χ0n) is 11.6. The zero-order chi connectivity index (χ0) is 14.5. The Morgan fingerprint density at radius 3 is 2.86 bits per heavy atom. The average Bonchev–Trinajstić information content (AvgIpc) is 2.47. The number of ether oxygens (including phenoxy) is 1. The first-order valence-electron chi connectivity index (χ1n) is 6.46. The van der Waals surface area contributed by atoms with E-state index >= 15 is 0 Å². The summed E-state index contributed by atoms with van der Waals surface area (Å²) in [5, 5.41) is 16.9. The van der Waals surface area contributed by atoms with Crippen LogP contribution in [0.1, 0.15) is 23.2 Å². The number of methoxy groups -OCH3 is 1. The average molecular weight is 316 g/mol. The Labute approximate surface area is 128 Å². The molecule has 1 heterocycles.